The van der Waals surface area contributed by atoms with E-state index in [2.05, 4.69) is 35.1 Å². The van der Waals surface area contributed by atoms with Crippen LogP contribution >= 0.6 is 11.3 Å². The lowest BCUT2D eigenvalue weighted by Crippen LogP contribution is -1.86. The van der Waals surface area contributed by atoms with E-state index in [9.17, 15) is 0 Å². The minimum Gasteiger partial charge on any atom is -0.342 e. The van der Waals surface area contributed by atoms with Crippen LogP contribution in [0.15, 0.2) is 36.4 Å². The second kappa shape index (κ2) is 3.76. The van der Waals surface area contributed by atoms with Crippen molar-refractivity contribution in [2.45, 2.75) is 13.3 Å². The molecule has 3 rings (SSSR count). The minimum absolute atomic E-state index is 0.896. The predicted octanol–water partition coefficient (Wildman–Crippen LogP) is 3.52. The van der Waals surface area contributed by atoms with Crippen molar-refractivity contribution in [2.75, 3.05) is 0 Å². The maximum absolute atomic E-state index is 4.57. The normalized spacial score (nSPS) is 11.1. The molecule has 2 aromatic heterocycles. The Kier molecular flexibility index (Phi) is 2.26. The first kappa shape index (κ1) is 9.60. The van der Waals surface area contributed by atoms with Gasteiger partial charge in [-0.05, 0) is 31.2 Å². The zero-order valence-electron chi connectivity index (χ0n) is 9.03. The van der Waals surface area contributed by atoms with Gasteiger partial charge in [0.2, 0.25) is 0 Å². The molecule has 0 amide bonds. The quantitative estimate of drug-likeness (QED) is 0.714. The van der Waals surface area contributed by atoms with Gasteiger partial charge in [0.1, 0.15) is 5.82 Å². The van der Waals surface area contributed by atoms with Crippen LogP contribution < -0.4 is 0 Å². The van der Waals surface area contributed by atoms with E-state index in [1.165, 1.54) is 9.75 Å². The van der Waals surface area contributed by atoms with Gasteiger partial charge < -0.3 is 4.98 Å². The standard InChI is InChI=1S/C13H12N2S/c1-9-6-7-10(16-9)8-13-14-11-4-2-3-5-12(11)15-13/h2-7H,8H2,1H3,(H,14,15). The van der Waals surface area contributed by atoms with E-state index in [1.807, 2.05) is 29.5 Å². The summed E-state index contributed by atoms with van der Waals surface area (Å²) in [5, 5.41) is 0. The fourth-order valence-corrected chi connectivity index (χ4v) is 2.73. The number of imidazole rings is 1. The Balaban J connectivity index is 1.95. The molecule has 0 aliphatic carbocycles. The maximum atomic E-state index is 4.57. The highest BCUT2D eigenvalue weighted by atomic mass is 32.1. The SMILES string of the molecule is Cc1ccc(Cc2nc3ccccc3[nH]2)s1. The molecule has 1 aromatic carbocycles. The average molecular weight is 228 g/mol. The lowest BCUT2D eigenvalue weighted by Gasteiger charge is -1.91. The van der Waals surface area contributed by atoms with Gasteiger partial charge in [-0.15, -0.1) is 11.3 Å². The molecule has 0 spiro atoms. The Labute approximate surface area is 98.0 Å². The number of aromatic amines is 1. The number of fused-ring (bicyclic) bond motifs is 1. The van der Waals surface area contributed by atoms with Crippen LogP contribution in [0.5, 0.6) is 0 Å². The van der Waals surface area contributed by atoms with Crippen molar-refractivity contribution >= 4 is 22.4 Å². The van der Waals surface area contributed by atoms with E-state index in [4.69, 9.17) is 0 Å². The largest absolute Gasteiger partial charge is 0.342 e. The zero-order chi connectivity index (χ0) is 11.0. The number of benzene rings is 1. The summed E-state index contributed by atoms with van der Waals surface area (Å²) in [5.74, 6) is 1.04. The van der Waals surface area contributed by atoms with E-state index in [1.54, 1.807) is 0 Å². The third-order valence-corrected chi connectivity index (χ3v) is 3.58. The number of nitrogens with one attached hydrogen (secondary N) is 1. The molecule has 0 aliphatic rings. The molecule has 3 aromatic rings. The van der Waals surface area contributed by atoms with Gasteiger partial charge in [0.05, 0.1) is 11.0 Å². The summed E-state index contributed by atoms with van der Waals surface area (Å²) in [6.45, 7) is 2.13. The number of thiophene rings is 1. The van der Waals surface area contributed by atoms with Crippen LogP contribution in [0, 0.1) is 6.92 Å². The number of para-hydroxylation sites is 2. The fourth-order valence-electron chi connectivity index (χ4n) is 1.83. The summed E-state index contributed by atoms with van der Waals surface area (Å²) < 4.78 is 0. The number of H-pyrrole nitrogens is 1. The van der Waals surface area contributed by atoms with Crippen molar-refractivity contribution in [1.29, 1.82) is 0 Å². The summed E-state index contributed by atoms with van der Waals surface area (Å²) in [4.78, 5) is 10.6. The summed E-state index contributed by atoms with van der Waals surface area (Å²) in [6.07, 6.45) is 0.896. The number of nitrogens with zero attached hydrogens (tertiary/aromatic N) is 1. The molecule has 1 N–H and O–H groups in total. The van der Waals surface area contributed by atoms with E-state index >= 15 is 0 Å². The summed E-state index contributed by atoms with van der Waals surface area (Å²) >= 11 is 1.83. The highest BCUT2D eigenvalue weighted by molar-refractivity contribution is 7.11. The topological polar surface area (TPSA) is 28.7 Å². The maximum Gasteiger partial charge on any atom is 0.112 e. The Morgan fingerprint density at radius 3 is 2.81 bits per heavy atom. The van der Waals surface area contributed by atoms with Crippen molar-refractivity contribution in [3.63, 3.8) is 0 Å². The van der Waals surface area contributed by atoms with Gasteiger partial charge >= 0.3 is 0 Å². The van der Waals surface area contributed by atoms with Crippen LogP contribution in [0.1, 0.15) is 15.6 Å². The third-order valence-electron chi connectivity index (χ3n) is 2.58. The van der Waals surface area contributed by atoms with Crippen molar-refractivity contribution in [3.05, 3.63) is 52.0 Å². The van der Waals surface area contributed by atoms with Gasteiger partial charge in [-0.25, -0.2) is 4.98 Å². The molecule has 80 valence electrons. The molecule has 0 bridgehead atoms. The Morgan fingerprint density at radius 1 is 1.19 bits per heavy atom. The molecular formula is C13H12N2S. The first-order valence-electron chi connectivity index (χ1n) is 5.30. The lowest BCUT2D eigenvalue weighted by atomic mass is 10.3. The van der Waals surface area contributed by atoms with Crippen molar-refractivity contribution in [2.24, 2.45) is 0 Å². The van der Waals surface area contributed by atoms with Crippen LogP contribution in [-0.4, -0.2) is 9.97 Å². The Bertz CT molecular complexity index is 588. The van der Waals surface area contributed by atoms with Gasteiger partial charge in [0.15, 0.2) is 0 Å². The summed E-state index contributed by atoms with van der Waals surface area (Å²) in [6, 6.07) is 12.5. The Hall–Kier alpha value is -1.61. The first-order chi connectivity index (χ1) is 7.81. The van der Waals surface area contributed by atoms with Crippen LogP contribution in [0.2, 0.25) is 0 Å². The first-order valence-corrected chi connectivity index (χ1v) is 6.12. The van der Waals surface area contributed by atoms with E-state index in [0.717, 1.165) is 23.3 Å². The molecular weight excluding hydrogens is 216 g/mol. The number of rotatable bonds is 2. The fraction of sp³-hybridized carbons (Fsp3) is 0.154. The summed E-state index contributed by atoms with van der Waals surface area (Å²) in [7, 11) is 0. The zero-order valence-corrected chi connectivity index (χ0v) is 9.84. The molecule has 0 fully saturated rings. The molecule has 2 heterocycles. The van der Waals surface area contributed by atoms with Crippen molar-refractivity contribution in [3.8, 4) is 0 Å². The van der Waals surface area contributed by atoms with Gasteiger partial charge in [-0.3, -0.25) is 0 Å². The number of hydrogen-bond acceptors (Lipinski definition) is 2. The third kappa shape index (κ3) is 1.74. The second-order valence-corrected chi connectivity index (χ2v) is 5.26. The van der Waals surface area contributed by atoms with E-state index < -0.39 is 0 Å². The molecule has 3 heteroatoms. The molecule has 0 aliphatic heterocycles. The van der Waals surface area contributed by atoms with Crippen LogP contribution in [0.25, 0.3) is 11.0 Å². The van der Waals surface area contributed by atoms with E-state index in [-0.39, 0.29) is 0 Å². The molecule has 16 heavy (non-hydrogen) atoms. The highest BCUT2D eigenvalue weighted by Gasteiger charge is 2.04. The minimum atomic E-state index is 0.896. The summed E-state index contributed by atoms with van der Waals surface area (Å²) in [5.41, 5.74) is 2.16. The predicted molar refractivity (Wildman–Crippen MR) is 68.0 cm³/mol. The molecule has 0 atom stereocenters. The van der Waals surface area contributed by atoms with Crippen LogP contribution in [0.3, 0.4) is 0 Å². The lowest BCUT2D eigenvalue weighted by molar-refractivity contribution is 1.06. The van der Waals surface area contributed by atoms with Crippen molar-refractivity contribution < 1.29 is 0 Å². The smallest absolute Gasteiger partial charge is 0.112 e. The molecule has 0 saturated heterocycles. The number of aromatic nitrogens is 2. The van der Waals surface area contributed by atoms with Crippen molar-refractivity contribution in [1.82, 2.24) is 9.97 Å². The van der Waals surface area contributed by atoms with Gasteiger partial charge in [0, 0.05) is 16.2 Å². The number of hydrogen-bond donors (Lipinski definition) is 1. The van der Waals surface area contributed by atoms with E-state index in [0.29, 0.717) is 0 Å². The second-order valence-electron chi connectivity index (χ2n) is 3.89. The van der Waals surface area contributed by atoms with Gasteiger partial charge in [-0.1, -0.05) is 12.1 Å². The van der Waals surface area contributed by atoms with Gasteiger partial charge in [0.25, 0.3) is 0 Å². The number of aryl methyl sites for hydroxylation is 1. The van der Waals surface area contributed by atoms with Crippen LogP contribution in [0.4, 0.5) is 0 Å². The monoisotopic (exact) mass is 228 g/mol. The average Bonchev–Trinajstić information content (AvgIpc) is 2.84. The Morgan fingerprint density at radius 2 is 2.06 bits per heavy atom. The molecule has 0 unspecified atom stereocenters. The molecule has 0 radical (unpaired) electrons. The molecule has 2 nitrogen and oxygen atoms in total. The highest BCUT2D eigenvalue weighted by Crippen LogP contribution is 2.19. The van der Waals surface area contributed by atoms with Gasteiger partial charge in [-0.2, -0.15) is 0 Å². The molecule has 0 saturated carbocycles. The van der Waals surface area contributed by atoms with Crippen LogP contribution in [-0.2, 0) is 6.42 Å².